The molecule has 0 aliphatic rings. The van der Waals surface area contributed by atoms with Gasteiger partial charge in [0.2, 0.25) is 0 Å². The van der Waals surface area contributed by atoms with Crippen molar-refractivity contribution in [2.24, 2.45) is 5.92 Å². The predicted octanol–water partition coefficient (Wildman–Crippen LogP) is 1.37. The van der Waals surface area contributed by atoms with Gasteiger partial charge in [-0.25, -0.2) is 9.59 Å². The average molecular weight is 285 g/mol. The van der Waals surface area contributed by atoms with E-state index in [1.54, 1.807) is 20.8 Å². The average Bonchev–Trinajstić information content (AvgIpc) is 2.21. The normalized spacial score (nSPS) is 13.9. The topological polar surface area (TPSA) is 95.9 Å². The minimum Gasteiger partial charge on any atom is -0.472 e. The van der Waals surface area contributed by atoms with Crippen molar-refractivity contribution in [1.29, 1.82) is 0 Å². The summed E-state index contributed by atoms with van der Waals surface area (Å²) in [5.41, 5.74) is -0.649. The van der Waals surface area contributed by atoms with Gasteiger partial charge in [0.25, 0.3) is 0 Å². The molecule has 0 saturated heterocycles. The van der Waals surface area contributed by atoms with Crippen molar-refractivity contribution in [1.82, 2.24) is 5.32 Å². The van der Waals surface area contributed by atoms with Gasteiger partial charge >= 0.3 is 12.1 Å². The second kappa shape index (κ2) is 7.75. The molecule has 0 saturated carbocycles. The summed E-state index contributed by atoms with van der Waals surface area (Å²) in [6.07, 6.45) is -1.48. The Bertz CT molecular complexity index is 400. The van der Waals surface area contributed by atoms with E-state index in [2.05, 4.69) is 11.2 Å². The van der Waals surface area contributed by atoms with Gasteiger partial charge in [-0.3, -0.25) is 0 Å². The molecule has 0 heterocycles. The molecule has 0 aromatic rings. The first kappa shape index (κ1) is 18.3. The zero-order chi connectivity index (χ0) is 15.9. The lowest BCUT2D eigenvalue weighted by atomic mass is 9.99. The van der Waals surface area contributed by atoms with Gasteiger partial charge in [0.1, 0.15) is 11.7 Å². The fraction of sp³-hybridized carbons (Fsp3) is 0.714. The van der Waals surface area contributed by atoms with Crippen molar-refractivity contribution in [3.63, 3.8) is 0 Å². The zero-order valence-electron chi connectivity index (χ0n) is 12.6. The molecule has 0 fully saturated rings. The summed E-state index contributed by atoms with van der Waals surface area (Å²) in [4.78, 5) is 22.0. The summed E-state index contributed by atoms with van der Waals surface area (Å²) in [6, 6.07) is -0.684. The molecular weight excluding hydrogens is 262 g/mol. The first-order valence-corrected chi connectivity index (χ1v) is 6.43. The highest BCUT2D eigenvalue weighted by Crippen LogP contribution is 2.11. The summed E-state index contributed by atoms with van der Waals surface area (Å²) in [5, 5.41) is 20.8. The number of carbonyl (C=O) groups excluding carboxylic acids is 1. The van der Waals surface area contributed by atoms with Gasteiger partial charge in [0, 0.05) is 5.92 Å². The van der Waals surface area contributed by atoms with E-state index in [9.17, 15) is 14.7 Å². The Hall–Kier alpha value is -1.74. The lowest BCUT2D eigenvalue weighted by molar-refractivity contribution is -0.130. The minimum atomic E-state index is -1.33. The molecule has 114 valence electrons. The third-order valence-corrected chi connectivity index (χ3v) is 2.14. The Labute approximate surface area is 119 Å². The van der Waals surface area contributed by atoms with E-state index in [0.29, 0.717) is 6.42 Å². The number of rotatable bonds is 4. The molecule has 0 aliphatic heterocycles. The molecule has 0 aromatic carbocycles. The quantitative estimate of drug-likeness (QED) is 0.678. The van der Waals surface area contributed by atoms with E-state index < -0.39 is 29.8 Å². The van der Waals surface area contributed by atoms with Gasteiger partial charge in [-0.15, -0.1) is 0 Å². The Kier molecular flexibility index (Phi) is 7.08. The third kappa shape index (κ3) is 9.22. The van der Waals surface area contributed by atoms with Gasteiger partial charge in [-0.1, -0.05) is 19.8 Å². The van der Waals surface area contributed by atoms with E-state index in [0.717, 1.165) is 0 Å². The van der Waals surface area contributed by atoms with Crippen LogP contribution in [0.1, 0.15) is 41.0 Å². The monoisotopic (exact) mass is 285 g/mol. The molecular formula is C14H23NO5. The van der Waals surface area contributed by atoms with Gasteiger partial charge < -0.3 is 20.3 Å². The van der Waals surface area contributed by atoms with Crippen molar-refractivity contribution < 1.29 is 24.5 Å². The maximum absolute atomic E-state index is 11.7. The number of nitrogens with one attached hydrogen (secondary N) is 1. The van der Waals surface area contributed by atoms with Crippen LogP contribution in [0.5, 0.6) is 0 Å². The number of amides is 1. The molecule has 0 bridgehead atoms. The van der Waals surface area contributed by atoms with Crippen molar-refractivity contribution >= 4 is 12.1 Å². The van der Waals surface area contributed by atoms with Crippen LogP contribution >= 0.6 is 0 Å². The molecule has 0 rings (SSSR count). The Morgan fingerprint density at radius 1 is 1.30 bits per heavy atom. The second-order valence-corrected chi connectivity index (χ2v) is 5.90. The molecule has 6 heteroatoms. The van der Waals surface area contributed by atoms with Gasteiger partial charge in [-0.05, 0) is 33.1 Å². The number of aliphatic carboxylic acids is 1. The lowest BCUT2D eigenvalue weighted by Gasteiger charge is -2.25. The summed E-state index contributed by atoms with van der Waals surface area (Å²) in [6.45, 7) is 9.02. The number of aliphatic hydroxyl groups is 1. The van der Waals surface area contributed by atoms with Gasteiger partial charge in [0.15, 0.2) is 0 Å². The first-order chi connectivity index (χ1) is 9.01. The van der Waals surface area contributed by atoms with E-state index in [-0.39, 0.29) is 5.92 Å². The number of carbonyl (C=O) groups is 2. The van der Waals surface area contributed by atoms with Gasteiger partial charge in [-0.2, -0.15) is 0 Å². The van der Waals surface area contributed by atoms with E-state index >= 15 is 0 Å². The molecule has 0 aromatic heterocycles. The number of ether oxygens (including phenoxy) is 1. The molecule has 3 N–H and O–H groups in total. The largest absolute Gasteiger partial charge is 0.472 e. The van der Waals surface area contributed by atoms with Crippen molar-refractivity contribution in [2.75, 3.05) is 0 Å². The Balaban J connectivity index is 4.77. The smallest absolute Gasteiger partial charge is 0.407 e. The zero-order valence-corrected chi connectivity index (χ0v) is 12.6. The van der Waals surface area contributed by atoms with Crippen LogP contribution in [0.4, 0.5) is 4.79 Å². The predicted molar refractivity (Wildman–Crippen MR) is 74.0 cm³/mol. The molecule has 1 amide bonds. The summed E-state index contributed by atoms with van der Waals surface area (Å²) >= 11 is 0. The molecule has 0 radical (unpaired) electrons. The molecule has 20 heavy (non-hydrogen) atoms. The molecule has 0 aliphatic carbocycles. The van der Waals surface area contributed by atoms with Crippen LogP contribution in [-0.2, 0) is 9.53 Å². The molecule has 6 nitrogen and oxygen atoms in total. The third-order valence-electron chi connectivity index (χ3n) is 2.14. The SMILES string of the molecule is CC(C)C[C@H](NC(=O)OC(C)(C)C)C(O)C#CC(=O)O. The van der Waals surface area contributed by atoms with Crippen molar-refractivity contribution in [3.05, 3.63) is 0 Å². The maximum Gasteiger partial charge on any atom is 0.407 e. The number of carboxylic acids is 1. The van der Waals surface area contributed by atoms with Crippen molar-refractivity contribution in [3.8, 4) is 11.8 Å². The van der Waals surface area contributed by atoms with Crippen LogP contribution in [0.15, 0.2) is 0 Å². The fourth-order valence-corrected chi connectivity index (χ4v) is 1.47. The number of aliphatic hydroxyl groups excluding tert-OH is 1. The van der Waals surface area contributed by atoms with E-state index in [4.69, 9.17) is 9.84 Å². The van der Waals surface area contributed by atoms with Crippen LogP contribution in [0, 0.1) is 17.8 Å². The Morgan fingerprint density at radius 3 is 2.25 bits per heavy atom. The molecule has 2 atom stereocenters. The highest BCUT2D eigenvalue weighted by molar-refractivity contribution is 5.86. The maximum atomic E-state index is 11.7. The number of hydrogen-bond acceptors (Lipinski definition) is 4. The van der Waals surface area contributed by atoms with Crippen LogP contribution in [-0.4, -0.2) is 40.0 Å². The molecule has 0 spiro atoms. The van der Waals surface area contributed by atoms with Crippen molar-refractivity contribution in [2.45, 2.75) is 58.8 Å². The first-order valence-electron chi connectivity index (χ1n) is 6.43. The number of carboxylic acid groups (broad SMARTS) is 1. The molecule has 1 unspecified atom stereocenters. The van der Waals surface area contributed by atoms with Crippen LogP contribution in [0.3, 0.4) is 0 Å². The van der Waals surface area contributed by atoms with E-state index in [1.807, 2.05) is 19.8 Å². The number of alkyl carbamates (subject to hydrolysis) is 1. The fourth-order valence-electron chi connectivity index (χ4n) is 1.47. The summed E-state index contributed by atoms with van der Waals surface area (Å²) < 4.78 is 5.10. The summed E-state index contributed by atoms with van der Waals surface area (Å²) in [7, 11) is 0. The minimum absolute atomic E-state index is 0.191. The highest BCUT2D eigenvalue weighted by Gasteiger charge is 2.24. The summed E-state index contributed by atoms with van der Waals surface area (Å²) in [5.74, 6) is 2.90. The van der Waals surface area contributed by atoms with Gasteiger partial charge in [0.05, 0.1) is 6.04 Å². The lowest BCUT2D eigenvalue weighted by Crippen LogP contribution is -2.45. The van der Waals surface area contributed by atoms with Crippen LogP contribution < -0.4 is 5.32 Å². The van der Waals surface area contributed by atoms with Crippen LogP contribution in [0.2, 0.25) is 0 Å². The van der Waals surface area contributed by atoms with Crippen LogP contribution in [0.25, 0.3) is 0 Å². The standard InChI is InChI=1S/C14H23NO5/c1-9(2)8-10(11(16)6-7-12(17)18)15-13(19)20-14(3,4)5/h9-11,16H,8H2,1-5H3,(H,15,19)(H,17,18)/t10-,11?/m0/s1. The van der Waals surface area contributed by atoms with E-state index in [1.165, 1.54) is 0 Å². The second-order valence-electron chi connectivity index (χ2n) is 5.90. The Morgan fingerprint density at radius 2 is 1.85 bits per heavy atom. The number of hydrogen-bond donors (Lipinski definition) is 3. The highest BCUT2D eigenvalue weighted by atomic mass is 16.6.